The minimum Gasteiger partial charge on any atom is -0.484 e. The van der Waals surface area contributed by atoms with Gasteiger partial charge in [0.15, 0.2) is 6.61 Å². The highest BCUT2D eigenvalue weighted by Gasteiger charge is 2.25. The molecule has 0 aliphatic rings. The number of amides is 4. The number of urea groups is 1. The summed E-state index contributed by atoms with van der Waals surface area (Å²) in [5.74, 6) is -3.81. The van der Waals surface area contributed by atoms with Gasteiger partial charge in [-0.3, -0.25) is 19.3 Å². The Hall–Kier alpha value is -6.31. The van der Waals surface area contributed by atoms with Crippen molar-refractivity contribution < 1.29 is 47.0 Å². The fraction of sp³-hybridized carbons (Fsp3) is 0.293. The summed E-state index contributed by atoms with van der Waals surface area (Å²) in [6.07, 6.45) is 0. The first kappa shape index (κ1) is 41.4. The second kappa shape index (κ2) is 17.7. The average Bonchev–Trinajstić information content (AvgIpc) is 3.10. The van der Waals surface area contributed by atoms with Gasteiger partial charge in [-0.25, -0.2) is 18.4 Å². The topological polar surface area (TPSA) is 144 Å². The van der Waals surface area contributed by atoms with E-state index < -0.39 is 72.3 Å². The number of rotatable bonds is 12. The van der Waals surface area contributed by atoms with E-state index >= 15 is 0 Å². The van der Waals surface area contributed by atoms with E-state index in [1.54, 1.807) is 102 Å². The van der Waals surface area contributed by atoms with E-state index in [0.29, 0.717) is 11.3 Å². The molecule has 4 rings (SSSR count). The summed E-state index contributed by atoms with van der Waals surface area (Å²) in [6.45, 7) is 8.73. The molecule has 0 aliphatic heterocycles. The molecule has 4 aromatic carbocycles. The number of nitrogens with zero attached hydrogens (tertiary/aromatic N) is 2. The van der Waals surface area contributed by atoms with E-state index in [0.717, 1.165) is 11.0 Å². The largest absolute Gasteiger partial charge is 0.484 e. The molecule has 0 saturated heterocycles. The van der Waals surface area contributed by atoms with Gasteiger partial charge in [0, 0.05) is 36.1 Å². The van der Waals surface area contributed by atoms with Gasteiger partial charge < -0.3 is 29.7 Å². The standard InChI is InChI=1S/C41H44F2N4O8/c1-40(2,3)54-37(50)24-47(35(48)23-44-39(52)45-30-13-10-12-26(20-30)38(51)55-41(4,5)6)31-14-11-15-32(22-31)53-25-36(49)46(7)34-17-9-8-16-33(34)27-18-28(42)21-29(43)19-27/h8-22H,23-25H2,1-7H3,(H2,44,45,52). The lowest BCUT2D eigenvalue weighted by Gasteiger charge is -2.26. The van der Waals surface area contributed by atoms with E-state index in [-0.39, 0.29) is 28.3 Å². The molecule has 0 radical (unpaired) electrons. The van der Waals surface area contributed by atoms with Gasteiger partial charge in [0.2, 0.25) is 5.91 Å². The predicted molar refractivity (Wildman–Crippen MR) is 204 cm³/mol. The molecule has 0 heterocycles. The van der Waals surface area contributed by atoms with Crippen molar-refractivity contribution in [1.29, 1.82) is 0 Å². The number of hydrogen-bond acceptors (Lipinski definition) is 8. The maximum Gasteiger partial charge on any atom is 0.338 e. The molecule has 290 valence electrons. The van der Waals surface area contributed by atoms with Crippen LogP contribution in [0, 0.1) is 11.6 Å². The molecule has 55 heavy (non-hydrogen) atoms. The van der Waals surface area contributed by atoms with Crippen molar-refractivity contribution in [2.75, 3.05) is 41.9 Å². The van der Waals surface area contributed by atoms with Crippen LogP contribution in [0.4, 0.5) is 30.6 Å². The Morgan fingerprint density at radius 1 is 0.727 bits per heavy atom. The van der Waals surface area contributed by atoms with Gasteiger partial charge in [0.25, 0.3) is 5.91 Å². The van der Waals surface area contributed by atoms with Gasteiger partial charge in [-0.15, -0.1) is 0 Å². The summed E-state index contributed by atoms with van der Waals surface area (Å²) in [7, 11) is 1.50. The lowest BCUT2D eigenvalue weighted by Crippen LogP contribution is -2.45. The molecule has 0 bridgehead atoms. The van der Waals surface area contributed by atoms with Gasteiger partial charge in [-0.2, -0.15) is 0 Å². The number of esters is 2. The third kappa shape index (κ3) is 12.7. The summed E-state index contributed by atoms with van der Waals surface area (Å²) in [5, 5.41) is 5.03. The Balaban J connectivity index is 1.46. The molecule has 0 aromatic heterocycles. The van der Waals surface area contributed by atoms with Gasteiger partial charge in [0.05, 0.1) is 17.8 Å². The number of nitrogens with one attached hydrogen (secondary N) is 2. The minimum absolute atomic E-state index is 0.178. The summed E-state index contributed by atoms with van der Waals surface area (Å²) in [4.78, 5) is 67.4. The lowest BCUT2D eigenvalue weighted by molar-refractivity contribution is -0.153. The molecule has 0 saturated carbocycles. The number of para-hydroxylation sites is 1. The van der Waals surface area contributed by atoms with Crippen molar-refractivity contribution in [3.05, 3.63) is 108 Å². The molecular formula is C41H44F2N4O8. The maximum absolute atomic E-state index is 14.0. The second-order valence-corrected chi connectivity index (χ2v) is 14.4. The van der Waals surface area contributed by atoms with E-state index in [4.69, 9.17) is 14.2 Å². The van der Waals surface area contributed by atoms with Gasteiger partial charge in [0.1, 0.15) is 35.1 Å². The van der Waals surface area contributed by atoms with Crippen LogP contribution in [0.25, 0.3) is 11.1 Å². The van der Waals surface area contributed by atoms with E-state index in [1.165, 1.54) is 36.2 Å². The highest BCUT2D eigenvalue weighted by molar-refractivity contribution is 6.02. The number of ether oxygens (including phenoxy) is 3. The molecule has 0 atom stereocenters. The SMILES string of the molecule is CN(C(=O)COc1cccc(N(CC(=O)OC(C)(C)C)C(=O)CNC(=O)Nc2cccc(C(=O)OC(C)(C)C)c2)c1)c1ccccc1-c1cc(F)cc(F)c1. The second-order valence-electron chi connectivity index (χ2n) is 14.4. The minimum atomic E-state index is -0.851. The van der Waals surface area contributed by atoms with Crippen LogP contribution in [-0.4, -0.2) is 67.7 Å². The van der Waals surface area contributed by atoms with Crippen LogP contribution in [-0.2, 0) is 23.9 Å². The van der Waals surface area contributed by atoms with Crippen LogP contribution in [0.1, 0.15) is 51.9 Å². The number of benzene rings is 4. The van der Waals surface area contributed by atoms with Gasteiger partial charge in [-0.1, -0.05) is 30.3 Å². The van der Waals surface area contributed by atoms with Crippen molar-refractivity contribution in [2.24, 2.45) is 0 Å². The Morgan fingerprint density at radius 3 is 2.05 bits per heavy atom. The summed E-state index contributed by atoms with van der Waals surface area (Å²) in [5.41, 5.74) is 0.185. The Kier molecular flexibility index (Phi) is 13.3. The van der Waals surface area contributed by atoms with Crippen LogP contribution >= 0.6 is 0 Å². The summed E-state index contributed by atoms with van der Waals surface area (Å²) in [6, 6.07) is 21.2. The highest BCUT2D eigenvalue weighted by atomic mass is 19.1. The van der Waals surface area contributed by atoms with E-state index in [9.17, 15) is 32.8 Å². The monoisotopic (exact) mass is 758 g/mol. The van der Waals surface area contributed by atoms with E-state index in [2.05, 4.69) is 10.6 Å². The molecule has 0 spiro atoms. The summed E-state index contributed by atoms with van der Waals surface area (Å²) < 4.78 is 44.6. The molecule has 2 N–H and O–H groups in total. The third-order valence-electron chi connectivity index (χ3n) is 7.47. The molecule has 4 amide bonds. The van der Waals surface area contributed by atoms with Crippen LogP contribution < -0.4 is 25.2 Å². The molecule has 14 heteroatoms. The van der Waals surface area contributed by atoms with Gasteiger partial charge in [-0.05, 0) is 95.6 Å². The average molecular weight is 759 g/mol. The lowest BCUT2D eigenvalue weighted by atomic mass is 10.0. The van der Waals surface area contributed by atoms with Crippen LogP contribution in [0.15, 0.2) is 91.0 Å². The molecule has 0 unspecified atom stereocenters. The summed E-state index contributed by atoms with van der Waals surface area (Å²) >= 11 is 0. The van der Waals surface area contributed by atoms with Crippen LogP contribution in [0.5, 0.6) is 5.75 Å². The quantitative estimate of drug-likeness (QED) is 0.145. The first-order chi connectivity index (χ1) is 25.8. The van der Waals surface area contributed by atoms with Crippen LogP contribution in [0.2, 0.25) is 0 Å². The zero-order valence-electron chi connectivity index (χ0n) is 31.7. The zero-order chi connectivity index (χ0) is 40.5. The highest BCUT2D eigenvalue weighted by Crippen LogP contribution is 2.31. The fourth-order valence-electron chi connectivity index (χ4n) is 5.15. The Labute approximate surface area is 318 Å². The number of likely N-dealkylation sites (N-methyl/N-ethyl adjacent to an activating group) is 1. The van der Waals surface area contributed by atoms with Crippen molar-refractivity contribution in [2.45, 2.75) is 52.7 Å². The van der Waals surface area contributed by atoms with Crippen LogP contribution in [0.3, 0.4) is 0 Å². The smallest absolute Gasteiger partial charge is 0.338 e. The Morgan fingerprint density at radius 2 is 1.38 bits per heavy atom. The number of carbonyl (C=O) groups excluding carboxylic acids is 5. The third-order valence-corrected chi connectivity index (χ3v) is 7.47. The normalized spacial score (nSPS) is 11.2. The van der Waals surface area contributed by atoms with Crippen molar-refractivity contribution >= 4 is 46.8 Å². The van der Waals surface area contributed by atoms with E-state index in [1.807, 2.05) is 0 Å². The first-order valence-corrected chi connectivity index (χ1v) is 17.2. The fourth-order valence-corrected chi connectivity index (χ4v) is 5.15. The predicted octanol–water partition coefficient (Wildman–Crippen LogP) is 7.13. The molecule has 0 fully saturated rings. The molecule has 12 nitrogen and oxygen atoms in total. The number of halogens is 2. The van der Waals surface area contributed by atoms with Gasteiger partial charge >= 0.3 is 18.0 Å². The molecule has 4 aromatic rings. The number of anilines is 3. The number of carbonyl (C=O) groups is 5. The molecule has 0 aliphatic carbocycles. The van der Waals surface area contributed by atoms with Crippen molar-refractivity contribution in [1.82, 2.24) is 5.32 Å². The Bertz CT molecular complexity index is 2040. The zero-order valence-corrected chi connectivity index (χ0v) is 31.7. The maximum atomic E-state index is 14.0. The van der Waals surface area contributed by atoms with Crippen molar-refractivity contribution in [3.63, 3.8) is 0 Å². The first-order valence-electron chi connectivity index (χ1n) is 17.2. The van der Waals surface area contributed by atoms with Crippen molar-refractivity contribution in [3.8, 4) is 16.9 Å². The number of hydrogen-bond donors (Lipinski definition) is 2. The molecular weight excluding hydrogens is 714 g/mol.